The summed E-state index contributed by atoms with van der Waals surface area (Å²) < 4.78 is 0. The van der Waals surface area contributed by atoms with E-state index in [0.29, 0.717) is 0 Å². The van der Waals surface area contributed by atoms with Crippen LogP contribution in [0.25, 0.3) is 0 Å². The van der Waals surface area contributed by atoms with E-state index in [2.05, 4.69) is 44.9 Å². The Morgan fingerprint density at radius 2 is 1.27 bits per heavy atom. The van der Waals surface area contributed by atoms with Crippen LogP contribution < -0.4 is 0 Å². The predicted octanol–water partition coefficient (Wildman–Crippen LogP) is 2.46. The molecule has 0 saturated heterocycles. The second-order valence-corrected chi connectivity index (χ2v) is 3.09. The molecular formula is C15H19O6Ti-. The number of carboxylic acid groups (broad SMARTS) is 3. The van der Waals surface area contributed by atoms with Gasteiger partial charge in [0.15, 0.2) is 0 Å². The molecule has 0 aromatic carbocycles. The zero-order valence-electron chi connectivity index (χ0n) is 12.3. The Balaban J connectivity index is -0.0000000973. The molecular weight excluding hydrogens is 324 g/mol. The fourth-order valence-corrected chi connectivity index (χ4v) is 0.515. The molecule has 1 rings (SSSR count). The smallest absolute Gasteiger partial charge is 0.327 e. The summed E-state index contributed by atoms with van der Waals surface area (Å²) in [6, 6.07) is 0. The van der Waals surface area contributed by atoms with Crippen molar-refractivity contribution in [2.75, 3.05) is 0 Å². The maximum Gasteiger partial charge on any atom is 0.327 e. The summed E-state index contributed by atoms with van der Waals surface area (Å²) in [6.07, 6.45) is 10.8. The van der Waals surface area contributed by atoms with Crippen LogP contribution in [0.4, 0.5) is 0 Å². The van der Waals surface area contributed by atoms with Gasteiger partial charge in [-0.25, -0.2) is 26.0 Å². The van der Waals surface area contributed by atoms with Crippen LogP contribution in [-0.2, 0) is 36.1 Å². The Morgan fingerprint density at radius 3 is 1.32 bits per heavy atom. The number of allylic oxidation sites excluding steroid dienone is 4. The van der Waals surface area contributed by atoms with Gasteiger partial charge in [-0.15, -0.1) is 6.42 Å². The van der Waals surface area contributed by atoms with Gasteiger partial charge < -0.3 is 15.3 Å². The van der Waals surface area contributed by atoms with Crippen molar-refractivity contribution in [2.24, 2.45) is 0 Å². The molecule has 120 valence electrons. The minimum atomic E-state index is -0.981. The van der Waals surface area contributed by atoms with Crippen LogP contribution in [0.5, 0.6) is 0 Å². The second kappa shape index (κ2) is 21.1. The van der Waals surface area contributed by atoms with Gasteiger partial charge in [0.2, 0.25) is 0 Å². The topological polar surface area (TPSA) is 112 Å². The molecule has 0 heterocycles. The van der Waals surface area contributed by atoms with Gasteiger partial charge in [-0.05, 0) is 0 Å². The first-order valence-electron chi connectivity index (χ1n) is 5.51. The van der Waals surface area contributed by atoms with Crippen molar-refractivity contribution in [3.63, 3.8) is 0 Å². The Bertz CT molecular complexity index is 390. The Labute approximate surface area is 144 Å². The number of carbonyl (C=O) groups is 3. The first-order chi connectivity index (χ1) is 9.70. The molecule has 3 N–H and O–H groups in total. The largest absolute Gasteiger partial charge is 0.478 e. The van der Waals surface area contributed by atoms with Gasteiger partial charge in [0, 0.05) is 39.9 Å². The van der Waals surface area contributed by atoms with Gasteiger partial charge in [0.1, 0.15) is 0 Å². The Kier molecular flexibility index (Phi) is 26.9. The van der Waals surface area contributed by atoms with Gasteiger partial charge >= 0.3 is 17.9 Å². The third kappa shape index (κ3) is 43.1. The maximum absolute atomic E-state index is 9.25. The number of rotatable bonds is 3. The summed E-state index contributed by atoms with van der Waals surface area (Å²) in [7, 11) is 0. The average Bonchev–Trinajstić information content (AvgIpc) is 2.91. The minimum absolute atomic E-state index is 0. The van der Waals surface area contributed by atoms with Crippen molar-refractivity contribution in [2.45, 2.75) is 13.3 Å². The van der Waals surface area contributed by atoms with Crippen molar-refractivity contribution >= 4 is 17.9 Å². The van der Waals surface area contributed by atoms with Crippen LogP contribution in [0.3, 0.4) is 0 Å². The number of hydrogen-bond acceptors (Lipinski definition) is 3. The molecule has 6 nitrogen and oxygen atoms in total. The quantitative estimate of drug-likeness (QED) is 0.412. The number of hydrogen-bond donors (Lipinski definition) is 3. The van der Waals surface area contributed by atoms with E-state index in [1.807, 2.05) is 0 Å². The normalized spacial score (nSPS) is 9.41. The molecule has 0 spiro atoms. The third-order valence-corrected chi connectivity index (χ3v) is 1.39. The number of carboxylic acids is 3. The molecule has 1 aliphatic rings. The summed E-state index contributed by atoms with van der Waals surface area (Å²) >= 11 is 0. The zero-order chi connectivity index (χ0) is 17.3. The Morgan fingerprint density at radius 1 is 1.00 bits per heavy atom. The van der Waals surface area contributed by atoms with E-state index in [0.717, 1.165) is 24.6 Å². The standard InChI is InChI=1S/C6H7.3C3H4O2.Ti/c1-6-4-2-3-5-6;3*1-2-3(4)5;/h2,4H,3H2,1H3;3*2H,1H2,(H,4,5);/q-1;;;;. The average molecular weight is 343 g/mol. The zero-order valence-corrected chi connectivity index (χ0v) is 13.8. The minimum Gasteiger partial charge on any atom is -0.478 e. The van der Waals surface area contributed by atoms with Crippen LogP contribution >= 0.6 is 0 Å². The summed E-state index contributed by atoms with van der Waals surface area (Å²) in [4.78, 5) is 27.8. The van der Waals surface area contributed by atoms with Gasteiger partial charge in [0.05, 0.1) is 0 Å². The van der Waals surface area contributed by atoms with E-state index in [4.69, 9.17) is 15.3 Å². The van der Waals surface area contributed by atoms with Crippen molar-refractivity contribution in [3.8, 4) is 0 Å². The fourth-order valence-electron chi connectivity index (χ4n) is 0.515. The van der Waals surface area contributed by atoms with Gasteiger partial charge in [-0.1, -0.05) is 26.7 Å². The Hall–Kier alpha value is -2.18. The SMILES string of the molecule is C=CC(=O)O.C=CC(=O)O.C=CC(=O)O.CC1=[C-]CC=C1.[Ti]. The monoisotopic (exact) mass is 343 g/mol. The molecule has 7 heteroatoms. The van der Waals surface area contributed by atoms with E-state index in [1.165, 1.54) is 5.57 Å². The molecule has 1 aliphatic carbocycles. The first kappa shape index (κ1) is 28.1. The van der Waals surface area contributed by atoms with Gasteiger partial charge in [-0.3, -0.25) is 6.08 Å². The molecule has 0 aromatic rings. The summed E-state index contributed by atoms with van der Waals surface area (Å²) in [5, 5.41) is 22.8. The van der Waals surface area contributed by atoms with E-state index in [1.54, 1.807) is 0 Å². The summed E-state index contributed by atoms with van der Waals surface area (Å²) in [6.45, 7) is 10.9. The van der Waals surface area contributed by atoms with Crippen LogP contribution in [0.2, 0.25) is 0 Å². The molecule has 0 bridgehead atoms. The van der Waals surface area contributed by atoms with Crippen LogP contribution in [0.1, 0.15) is 13.3 Å². The molecule has 0 aromatic heterocycles. The molecule has 0 aliphatic heterocycles. The van der Waals surface area contributed by atoms with Crippen molar-refractivity contribution < 1.29 is 51.4 Å². The molecule has 0 saturated carbocycles. The molecule has 0 atom stereocenters. The third-order valence-electron chi connectivity index (χ3n) is 1.39. The first-order valence-corrected chi connectivity index (χ1v) is 5.51. The van der Waals surface area contributed by atoms with Crippen molar-refractivity contribution in [3.05, 3.63) is 61.8 Å². The van der Waals surface area contributed by atoms with E-state index < -0.39 is 17.9 Å². The molecule has 0 fully saturated rings. The second-order valence-electron chi connectivity index (χ2n) is 3.09. The van der Waals surface area contributed by atoms with E-state index >= 15 is 0 Å². The van der Waals surface area contributed by atoms with Crippen molar-refractivity contribution in [1.82, 2.24) is 0 Å². The van der Waals surface area contributed by atoms with E-state index in [9.17, 15) is 14.4 Å². The van der Waals surface area contributed by atoms with Gasteiger partial charge in [-0.2, -0.15) is 6.08 Å². The summed E-state index contributed by atoms with van der Waals surface area (Å²) in [5.74, 6) is -2.94. The van der Waals surface area contributed by atoms with Crippen LogP contribution in [0, 0.1) is 6.08 Å². The maximum atomic E-state index is 9.25. The summed E-state index contributed by atoms with van der Waals surface area (Å²) in [5.41, 5.74) is 1.27. The van der Waals surface area contributed by atoms with E-state index in [-0.39, 0.29) is 21.7 Å². The molecule has 0 unspecified atom stereocenters. The van der Waals surface area contributed by atoms with Gasteiger partial charge in [0.25, 0.3) is 0 Å². The fraction of sp³-hybridized carbons (Fsp3) is 0.133. The van der Waals surface area contributed by atoms with Crippen molar-refractivity contribution in [1.29, 1.82) is 0 Å². The van der Waals surface area contributed by atoms with Crippen LogP contribution in [-0.4, -0.2) is 33.2 Å². The molecule has 0 radical (unpaired) electrons. The number of aliphatic carboxylic acids is 3. The van der Waals surface area contributed by atoms with Crippen LogP contribution in [0.15, 0.2) is 55.7 Å². The predicted molar refractivity (Wildman–Crippen MR) is 79.7 cm³/mol. The molecule has 0 amide bonds. The molecule has 22 heavy (non-hydrogen) atoms.